The number of para-hydroxylation sites is 1. The van der Waals surface area contributed by atoms with Crippen molar-refractivity contribution < 1.29 is 19.1 Å². The van der Waals surface area contributed by atoms with Gasteiger partial charge in [-0.3, -0.25) is 14.6 Å². The number of nitrogens with zero attached hydrogens (tertiary/aromatic N) is 2. The molecule has 6 heteroatoms. The summed E-state index contributed by atoms with van der Waals surface area (Å²) in [5.41, 5.74) is 1.19. The molecule has 0 bridgehead atoms. The molecule has 0 N–H and O–H groups in total. The maximum atomic E-state index is 12.9. The first-order valence-electron chi connectivity index (χ1n) is 7.54. The number of amides is 1. The van der Waals surface area contributed by atoms with Crippen LogP contribution in [0.5, 0.6) is 5.75 Å². The van der Waals surface area contributed by atoms with Crippen LogP contribution in [0.4, 0.5) is 0 Å². The standard InChI is InChI=1S/C18H20N2O4/c1-23-16-9-4-3-8-15(16)18(22)20(12-10-17(21)24-2)13-14-7-5-6-11-19-14/h3-9,11H,10,12-13H2,1-2H3. The quantitative estimate of drug-likeness (QED) is 0.730. The first kappa shape index (κ1) is 17.5. The van der Waals surface area contributed by atoms with Crippen LogP contribution in [0.25, 0.3) is 0 Å². The zero-order chi connectivity index (χ0) is 17.4. The summed E-state index contributed by atoms with van der Waals surface area (Å²) in [6.07, 6.45) is 1.78. The molecule has 0 aliphatic carbocycles. The molecule has 0 saturated carbocycles. The van der Waals surface area contributed by atoms with Crippen molar-refractivity contribution in [3.8, 4) is 5.75 Å². The average molecular weight is 328 g/mol. The molecule has 1 amide bonds. The van der Waals surface area contributed by atoms with Crippen LogP contribution in [0.15, 0.2) is 48.7 Å². The zero-order valence-electron chi connectivity index (χ0n) is 13.8. The Morgan fingerprint density at radius 3 is 2.50 bits per heavy atom. The summed E-state index contributed by atoms with van der Waals surface area (Å²) in [6, 6.07) is 12.5. The number of aromatic nitrogens is 1. The number of esters is 1. The van der Waals surface area contributed by atoms with Crippen LogP contribution in [0.3, 0.4) is 0 Å². The van der Waals surface area contributed by atoms with Gasteiger partial charge in [-0.2, -0.15) is 0 Å². The van der Waals surface area contributed by atoms with Crippen LogP contribution >= 0.6 is 0 Å². The average Bonchev–Trinajstić information content (AvgIpc) is 2.64. The number of hydrogen-bond donors (Lipinski definition) is 0. The van der Waals surface area contributed by atoms with Gasteiger partial charge in [-0.05, 0) is 24.3 Å². The van der Waals surface area contributed by atoms with E-state index in [0.29, 0.717) is 17.9 Å². The number of hydrogen-bond acceptors (Lipinski definition) is 5. The molecule has 0 atom stereocenters. The van der Waals surface area contributed by atoms with E-state index in [1.807, 2.05) is 18.2 Å². The molecule has 0 saturated heterocycles. The summed E-state index contributed by atoms with van der Waals surface area (Å²) in [5.74, 6) is -0.0950. The van der Waals surface area contributed by atoms with Crippen molar-refractivity contribution in [3.63, 3.8) is 0 Å². The van der Waals surface area contributed by atoms with Crippen molar-refractivity contribution in [2.45, 2.75) is 13.0 Å². The molecule has 0 radical (unpaired) electrons. The monoisotopic (exact) mass is 328 g/mol. The maximum Gasteiger partial charge on any atom is 0.307 e. The highest BCUT2D eigenvalue weighted by atomic mass is 16.5. The van der Waals surface area contributed by atoms with Gasteiger partial charge in [0.25, 0.3) is 5.91 Å². The summed E-state index contributed by atoms with van der Waals surface area (Å²) in [5, 5.41) is 0. The molecule has 0 aliphatic rings. The molecule has 24 heavy (non-hydrogen) atoms. The summed E-state index contributed by atoms with van der Waals surface area (Å²) >= 11 is 0. The van der Waals surface area contributed by atoms with E-state index in [0.717, 1.165) is 5.69 Å². The van der Waals surface area contributed by atoms with Gasteiger partial charge in [0.05, 0.1) is 38.4 Å². The topological polar surface area (TPSA) is 68.7 Å². The molecule has 2 rings (SSSR count). The molecule has 1 aromatic heterocycles. The second-order valence-corrected chi connectivity index (χ2v) is 5.07. The SMILES string of the molecule is COC(=O)CCN(Cc1ccccn1)C(=O)c1ccccc1OC. The zero-order valence-corrected chi connectivity index (χ0v) is 13.8. The number of carbonyl (C=O) groups is 2. The lowest BCUT2D eigenvalue weighted by Crippen LogP contribution is -2.33. The summed E-state index contributed by atoms with van der Waals surface area (Å²) in [6.45, 7) is 0.537. The Labute approximate surface area is 141 Å². The van der Waals surface area contributed by atoms with E-state index in [1.54, 1.807) is 35.4 Å². The highest BCUT2D eigenvalue weighted by Crippen LogP contribution is 2.20. The molecule has 2 aromatic rings. The minimum absolute atomic E-state index is 0.115. The number of pyridine rings is 1. The Hall–Kier alpha value is -2.89. The molecule has 126 valence electrons. The van der Waals surface area contributed by atoms with Crippen molar-refractivity contribution in [3.05, 3.63) is 59.9 Å². The van der Waals surface area contributed by atoms with Crippen molar-refractivity contribution in [1.29, 1.82) is 0 Å². The van der Waals surface area contributed by atoms with Crippen LogP contribution < -0.4 is 4.74 Å². The van der Waals surface area contributed by atoms with Gasteiger partial charge in [-0.25, -0.2) is 0 Å². The van der Waals surface area contributed by atoms with E-state index in [1.165, 1.54) is 14.2 Å². The minimum Gasteiger partial charge on any atom is -0.496 e. The fraction of sp³-hybridized carbons (Fsp3) is 0.278. The largest absolute Gasteiger partial charge is 0.496 e. The van der Waals surface area contributed by atoms with Crippen molar-refractivity contribution >= 4 is 11.9 Å². The highest BCUT2D eigenvalue weighted by molar-refractivity contribution is 5.97. The van der Waals surface area contributed by atoms with E-state index in [9.17, 15) is 9.59 Å². The Kier molecular flexibility index (Phi) is 6.31. The summed E-state index contributed by atoms with van der Waals surface area (Å²) < 4.78 is 9.92. The fourth-order valence-electron chi connectivity index (χ4n) is 2.26. The Bertz CT molecular complexity index is 688. The fourth-order valence-corrected chi connectivity index (χ4v) is 2.26. The lowest BCUT2D eigenvalue weighted by molar-refractivity contribution is -0.140. The molecule has 0 aliphatic heterocycles. The number of benzene rings is 1. The second-order valence-electron chi connectivity index (χ2n) is 5.07. The number of ether oxygens (including phenoxy) is 2. The van der Waals surface area contributed by atoms with Gasteiger partial charge in [-0.15, -0.1) is 0 Å². The molecule has 1 heterocycles. The molecule has 6 nitrogen and oxygen atoms in total. The smallest absolute Gasteiger partial charge is 0.307 e. The second kappa shape index (κ2) is 8.67. The third-order valence-electron chi connectivity index (χ3n) is 3.52. The molecule has 0 spiro atoms. The predicted octanol–water partition coefficient (Wildman–Crippen LogP) is 2.30. The third kappa shape index (κ3) is 4.55. The summed E-state index contributed by atoms with van der Waals surface area (Å²) in [7, 11) is 2.84. The van der Waals surface area contributed by atoms with E-state index >= 15 is 0 Å². The molecule has 0 unspecified atom stereocenters. The Morgan fingerprint density at radius 2 is 1.83 bits per heavy atom. The van der Waals surface area contributed by atoms with Crippen LogP contribution in [-0.4, -0.2) is 42.5 Å². The molecular weight excluding hydrogens is 308 g/mol. The number of rotatable bonds is 7. The first-order valence-corrected chi connectivity index (χ1v) is 7.54. The van der Waals surface area contributed by atoms with E-state index < -0.39 is 0 Å². The van der Waals surface area contributed by atoms with Gasteiger partial charge >= 0.3 is 5.97 Å². The van der Waals surface area contributed by atoms with Crippen molar-refractivity contribution in [2.75, 3.05) is 20.8 Å². The van der Waals surface area contributed by atoms with Gasteiger partial charge < -0.3 is 14.4 Å². The van der Waals surface area contributed by atoms with Gasteiger partial charge in [0.15, 0.2) is 0 Å². The third-order valence-corrected chi connectivity index (χ3v) is 3.52. The Balaban J connectivity index is 2.23. The van der Waals surface area contributed by atoms with Crippen molar-refractivity contribution in [1.82, 2.24) is 9.88 Å². The van der Waals surface area contributed by atoms with E-state index in [4.69, 9.17) is 4.74 Å². The number of carbonyl (C=O) groups excluding carboxylic acids is 2. The number of methoxy groups -OCH3 is 2. The molecule has 1 aromatic carbocycles. The summed E-state index contributed by atoms with van der Waals surface area (Å²) in [4.78, 5) is 30.2. The minimum atomic E-state index is -0.367. The van der Waals surface area contributed by atoms with E-state index in [-0.39, 0.29) is 24.8 Å². The normalized spacial score (nSPS) is 10.1. The van der Waals surface area contributed by atoms with Gasteiger partial charge in [-0.1, -0.05) is 18.2 Å². The predicted molar refractivity (Wildman–Crippen MR) is 88.6 cm³/mol. The lowest BCUT2D eigenvalue weighted by Gasteiger charge is -2.23. The molecular formula is C18H20N2O4. The van der Waals surface area contributed by atoms with Gasteiger partial charge in [0.2, 0.25) is 0 Å². The lowest BCUT2D eigenvalue weighted by atomic mass is 10.1. The van der Waals surface area contributed by atoms with Crippen molar-refractivity contribution in [2.24, 2.45) is 0 Å². The highest BCUT2D eigenvalue weighted by Gasteiger charge is 2.21. The van der Waals surface area contributed by atoms with Crippen LogP contribution in [0.2, 0.25) is 0 Å². The van der Waals surface area contributed by atoms with Crippen LogP contribution in [0.1, 0.15) is 22.5 Å². The maximum absolute atomic E-state index is 12.9. The first-order chi connectivity index (χ1) is 11.7. The Morgan fingerprint density at radius 1 is 1.08 bits per heavy atom. The van der Waals surface area contributed by atoms with Crippen LogP contribution in [-0.2, 0) is 16.1 Å². The van der Waals surface area contributed by atoms with Gasteiger partial charge in [0, 0.05) is 12.7 Å². The molecule has 0 fully saturated rings. The van der Waals surface area contributed by atoms with E-state index in [2.05, 4.69) is 9.72 Å². The van der Waals surface area contributed by atoms with Crippen LogP contribution in [0, 0.1) is 0 Å². The van der Waals surface area contributed by atoms with Gasteiger partial charge in [0.1, 0.15) is 5.75 Å².